The van der Waals surface area contributed by atoms with Gasteiger partial charge in [0.05, 0.1) is 7.11 Å². The lowest BCUT2D eigenvalue weighted by molar-refractivity contribution is -0.157. The standard InChI is InChI=1S/C12H14O4/c1-3-12(11(14)15-2)7-8-6-9(13)4-5-10(8)16-12/h4-6,13H,3,7H2,1-2H3/t12-/m0/s1. The van der Waals surface area contributed by atoms with Crippen molar-refractivity contribution < 1.29 is 19.4 Å². The molecule has 0 spiro atoms. The summed E-state index contributed by atoms with van der Waals surface area (Å²) in [5.74, 6) is 0.454. The highest BCUT2D eigenvalue weighted by molar-refractivity contribution is 5.81. The fraction of sp³-hybridized carbons (Fsp3) is 0.417. The number of esters is 1. The third-order valence-corrected chi connectivity index (χ3v) is 2.95. The van der Waals surface area contributed by atoms with Crippen molar-refractivity contribution in [3.8, 4) is 11.5 Å². The summed E-state index contributed by atoms with van der Waals surface area (Å²) in [4.78, 5) is 11.7. The molecule has 0 saturated carbocycles. The molecular weight excluding hydrogens is 208 g/mol. The maximum Gasteiger partial charge on any atom is 0.350 e. The fourth-order valence-corrected chi connectivity index (χ4v) is 2.00. The topological polar surface area (TPSA) is 55.8 Å². The van der Waals surface area contributed by atoms with Crippen LogP contribution in [0.25, 0.3) is 0 Å². The van der Waals surface area contributed by atoms with Crippen LogP contribution in [0.2, 0.25) is 0 Å². The molecule has 1 heterocycles. The highest BCUT2D eigenvalue weighted by Crippen LogP contribution is 2.39. The molecule has 2 rings (SSSR count). The molecular formula is C12H14O4. The minimum absolute atomic E-state index is 0.180. The SMILES string of the molecule is CC[C@@]1(C(=O)OC)Cc2cc(O)ccc2O1. The van der Waals surface area contributed by atoms with Gasteiger partial charge < -0.3 is 14.6 Å². The van der Waals surface area contributed by atoms with E-state index in [0.29, 0.717) is 18.6 Å². The molecule has 0 aromatic heterocycles. The van der Waals surface area contributed by atoms with Gasteiger partial charge in [-0.1, -0.05) is 6.92 Å². The number of carbonyl (C=O) groups excluding carboxylic acids is 1. The Morgan fingerprint density at radius 3 is 3.00 bits per heavy atom. The number of aromatic hydroxyl groups is 1. The van der Waals surface area contributed by atoms with E-state index in [9.17, 15) is 9.90 Å². The molecule has 0 saturated heterocycles. The predicted molar refractivity (Wildman–Crippen MR) is 57.5 cm³/mol. The van der Waals surface area contributed by atoms with Crippen LogP contribution in [0.15, 0.2) is 18.2 Å². The second-order valence-electron chi connectivity index (χ2n) is 3.91. The minimum Gasteiger partial charge on any atom is -0.508 e. The molecule has 4 heteroatoms. The number of phenols is 1. The molecule has 0 bridgehead atoms. The van der Waals surface area contributed by atoms with E-state index in [-0.39, 0.29) is 11.7 Å². The van der Waals surface area contributed by atoms with E-state index in [1.807, 2.05) is 6.92 Å². The van der Waals surface area contributed by atoms with E-state index in [1.165, 1.54) is 7.11 Å². The van der Waals surface area contributed by atoms with Gasteiger partial charge in [-0.05, 0) is 24.6 Å². The molecule has 0 unspecified atom stereocenters. The zero-order valence-corrected chi connectivity index (χ0v) is 9.32. The molecule has 0 aliphatic carbocycles. The molecule has 0 amide bonds. The highest BCUT2D eigenvalue weighted by atomic mass is 16.6. The Morgan fingerprint density at radius 1 is 1.62 bits per heavy atom. The third kappa shape index (κ3) is 1.50. The Bertz CT molecular complexity index is 427. The minimum atomic E-state index is -0.926. The van der Waals surface area contributed by atoms with Gasteiger partial charge in [0.2, 0.25) is 5.60 Å². The van der Waals surface area contributed by atoms with Gasteiger partial charge in [0.15, 0.2) is 0 Å². The molecule has 0 fully saturated rings. The van der Waals surface area contributed by atoms with Crippen LogP contribution in [0.5, 0.6) is 11.5 Å². The van der Waals surface area contributed by atoms with E-state index in [1.54, 1.807) is 18.2 Å². The number of hydrogen-bond acceptors (Lipinski definition) is 4. The highest BCUT2D eigenvalue weighted by Gasteiger charge is 2.45. The summed E-state index contributed by atoms with van der Waals surface area (Å²) >= 11 is 0. The molecule has 1 aliphatic rings. The van der Waals surface area contributed by atoms with Gasteiger partial charge in [-0.15, -0.1) is 0 Å². The average Bonchev–Trinajstić information content (AvgIpc) is 2.67. The summed E-state index contributed by atoms with van der Waals surface area (Å²) in [6.45, 7) is 1.88. The quantitative estimate of drug-likeness (QED) is 0.773. The fourth-order valence-electron chi connectivity index (χ4n) is 2.00. The number of carbonyl (C=O) groups is 1. The first-order valence-corrected chi connectivity index (χ1v) is 5.20. The average molecular weight is 222 g/mol. The van der Waals surface area contributed by atoms with Crippen LogP contribution in [0, 0.1) is 0 Å². The van der Waals surface area contributed by atoms with Gasteiger partial charge in [-0.25, -0.2) is 4.79 Å². The Balaban J connectivity index is 2.35. The van der Waals surface area contributed by atoms with Crippen molar-refractivity contribution in [3.63, 3.8) is 0 Å². The Kier molecular flexibility index (Phi) is 2.50. The number of fused-ring (bicyclic) bond motifs is 1. The second-order valence-corrected chi connectivity index (χ2v) is 3.91. The maximum atomic E-state index is 11.7. The smallest absolute Gasteiger partial charge is 0.350 e. The van der Waals surface area contributed by atoms with Crippen molar-refractivity contribution in [1.29, 1.82) is 0 Å². The van der Waals surface area contributed by atoms with Crippen LogP contribution in [0.3, 0.4) is 0 Å². The lowest BCUT2D eigenvalue weighted by Gasteiger charge is -2.23. The van der Waals surface area contributed by atoms with Gasteiger partial charge >= 0.3 is 5.97 Å². The summed E-state index contributed by atoms with van der Waals surface area (Å²) in [5.41, 5.74) is -0.0857. The number of ether oxygens (including phenoxy) is 2. The van der Waals surface area contributed by atoms with Crippen molar-refractivity contribution in [3.05, 3.63) is 23.8 Å². The lowest BCUT2D eigenvalue weighted by Crippen LogP contribution is -2.43. The maximum absolute atomic E-state index is 11.7. The van der Waals surface area contributed by atoms with Crippen LogP contribution < -0.4 is 4.74 Å². The summed E-state index contributed by atoms with van der Waals surface area (Å²) in [6, 6.07) is 4.84. The summed E-state index contributed by atoms with van der Waals surface area (Å²) < 4.78 is 10.4. The van der Waals surface area contributed by atoms with Crippen LogP contribution >= 0.6 is 0 Å². The van der Waals surface area contributed by atoms with E-state index in [0.717, 1.165) is 5.56 Å². The number of methoxy groups -OCH3 is 1. The van der Waals surface area contributed by atoms with E-state index >= 15 is 0 Å². The number of rotatable bonds is 2. The van der Waals surface area contributed by atoms with E-state index < -0.39 is 5.60 Å². The predicted octanol–water partition coefficient (Wildman–Crippen LogP) is 1.65. The van der Waals surface area contributed by atoms with Gasteiger partial charge in [-0.3, -0.25) is 0 Å². The molecule has 86 valence electrons. The van der Waals surface area contributed by atoms with Crippen LogP contribution in [-0.2, 0) is 16.0 Å². The Labute approximate surface area is 93.8 Å². The molecule has 1 atom stereocenters. The first kappa shape index (κ1) is 10.8. The summed E-state index contributed by atoms with van der Waals surface area (Å²) in [6.07, 6.45) is 0.981. The first-order valence-electron chi connectivity index (χ1n) is 5.20. The van der Waals surface area contributed by atoms with Crippen LogP contribution in [0.4, 0.5) is 0 Å². The van der Waals surface area contributed by atoms with E-state index in [2.05, 4.69) is 0 Å². The van der Waals surface area contributed by atoms with Crippen molar-refractivity contribution in [1.82, 2.24) is 0 Å². The van der Waals surface area contributed by atoms with E-state index in [4.69, 9.17) is 9.47 Å². The van der Waals surface area contributed by atoms with Crippen molar-refractivity contribution in [2.75, 3.05) is 7.11 Å². The Hall–Kier alpha value is -1.71. The molecule has 1 aliphatic heterocycles. The zero-order chi connectivity index (χ0) is 11.8. The molecule has 0 radical (unpaired) electrons. The lowest BCUT2D eigenvalue weighted by atomic mass is 9.94. The molecule has 4 nitrogen and oxygen atoms in total. The van der Waals surface area contributed by atoms with Crippen molar-refractivity contribution in [2.45, 2.75) is 25.4 Å². The molecule has 1 aromatic rings. The molecule has 1 N–H and O–H groups in total. The van der Waals surface area contributed by atoms with Crippen LogP contribution in [-0.4, -0.2) is 23.8 Å². The third-order valence-electron chi connectivity index (χ3n) is 2.95. The zero-order valence-electron chi connectivity index (χ0n) is 9.32. The largest absolute Gasteiger partial charge is 0.508 e. The van der Waals surface area contributed by atoms with Gasteiger partial charge in [0.25, 0.3) is 0 Å². The first-order chi connectivity index (χ1) is 7.61. The van der Waals surface area contributed by atoms with Gasteiger partial charge in [0.1, 0.15) is 11.5 Å². The monoisotopic (exact) mass is 222 g/mol. The van der Waals surface area contributed by atoms with Crippen molar-refractivity contribution >= 4 is 5.97 Å². The number of benzene rings is 1. The summed E-state index contributed by atoms with van der Waals surface area (Å²) in [5, 5.41) is 9.36. The normalized spacial score (nSPS) is 22.4. The van der Waals surface area contributed by atoms with Crippen LogP contribution in [0.1, 0.15) is 18.9 Å². The summed E-state index contributed by atoms with van der Waals surface area (Å²) in [7, 11) is 1.35. The van der Waals surface area contributed by atoms with Gasteiger partial charge in [-0.2, -0.15) is 0 Å². The van der Waals surface area contributed by atoms with Gasteiger partial charge in [0, 0.05) is 12.0 Å². The number of phenolic OH excluding ortho intramolecular Hbond substituents is 1. The molecule has 1 aromatic carbocycles. The second kappa shape index (κ2) is 3.70. The molecule has 16 heavy (non-hydrogen) atoms. The van der Waals surface area contributed by atoms with Crippen molar-refractivity contribution in [2.24, 2.45) is 0 Å². The number of hydrogen-bond donors (Lipinski definition) is 1. The Morgan fingerprint density at radius 2 is 2.38 bits per heavy atom.